The largest absolute Gasteiger partial charge is 0.368 e. The van der Waals surface area contributed by atoms with Crippen molar-refractivity contribution in [2.45, 2.75) is 13.5 Å². The van der Waals surface area contributed by atoms with E-state index in [9.17, 15) is 9.59 Å². The molecule has 1 aliphatic rings. The molecule has 0 atom stereocenters. The van der Waals surface area contributed by atoms with Crippen LogP contribution in [-0.4, -0.2) is 51.2 Å². The van der Waals surface area contributed by atoms with Crippen LogP contribution in [0.4, 0.5) is 5.69 Å². The second-order valence-corrected chi connectivity index (χ2v) is 8.59. The molecule has 0 aliphatic carbocycles. The number of hydrogen-bond acceptors (Lipinski definition) is 5. The molecule has 5 rings (SSSR count). The maximum absolute atomic E-state index is 12.8. The number of rotatable bonds is 3. The zero-order valence-corrected chi connectivity index (χ0v) is 16.9. The molecule has 1 amide bonds. The molecule has 1 aliphatic heterocycles. The van der Waals surface area contributed by atoms with Gasteiger partial charge in [0, 0.05) is 36.7 Å². The lowest BCUT2D eigenvalue weighted by atomic mass is 10.2. The highest BCUT2D eigenvalue weighted by Crippen LogP contribution is 2.27. The molecule has 29 heavy (non-hydrogen) atoms. The molecule has 1 aromatic carbocycles. The number of aryl methyl sites for hydroxylation is 1. The Morgan fingerprint density at radius 2 is 1.83 bits per heavy atom. The third-order valence-corrected chi connectivity index (χ3v) is 6.44. The number of hydrogen-bond donors (Lipinski definition) is 0. The van der Waals surface area contributed by atoms with Crippen LogP contribution in [0.5, 0.6) is 0 Å². The van der Waals surface area contributed by atoms with Gasteiger partial charge >= 0.3 is 0 Å². The number of aromatic nitrogens is 3. The first kappa shape index (κ1) is 17.9. The topological polar surface area (TPSA) is 62.9 Å². The van der Waals surface area contributed by atoms with Crippen molar-refractivity contribution in [1.29, 1.82) is 0 Å². The van der Waals surface area contributed by atoms with E-state index in [1.165, 1.54) is 15.2 Å². The van der Waals surface area contributed by atoms with Gasteiger partial charge in [-0.2, -0.15) is 5.10 Å². The van der Waals surface area contributed by atoms with Crippen molar-refractivity contribution < 1.29 is 4.79 Å². The molecule has 1 saturated heterocycles. The summed E-state index contributed by atoms with van der Waals surface area (Å²) in [4.78, 5) is 30.9. The monoisotopic (exact) mass is 407 g/mol. The number of para-hydroxylation sites is 1. The van der Waals surface area contributed by atoms with Crippen molar-refractivity contribution in [3.8, 4) is 0 Å². The van der Waals surface area contributed by atoms with Crippen LogP contribution in [0.3, 0.4) is 0 Å². The van der Waals surface area contributed by atoms with E-state index in [4.69, 9.17) is 0 Å². The molecule has 0 spiro atoms. The first-order valence-electron chi connectivity index (χ1n) is 9.65. The summed E-state index contributed by atoms with van der Waals surface area (Å²) in [7, 11) is 0. The number of carbonyl (C=O) groups is 1. The second kappa shape index (κ2) is 7.04. The standard InChI is InChI=1S/C21H21N5O2S/c1-15-11-17-19(29-15)12-18-21(28)26(22-14-25(17)18)13-20(27)24-9-7-23(8-10-24)16-5-3-2-4-6-16/h2-6,11-12,14H,7-10,13H2,1H3. The Kier molecular flexibility index (Phi) is 4.35. The molecule has 0 unspecified atom stereocenters. The number of piperazine rings is 1. The van der Waals surface area contributed by atoms with Gasteiger partial charge in [0.15, 0.2) is 0 Å². The van der Waals surface area contributed by atoms with Gasteiger partial charge in [-0.15, -0.1) is 11.3 Å². The Morgan fingerprint density at radius 3 is 2.59 bits per heavy atom. The highest BCUT2D eigenvalue weighted by molar-refractivity contribution is 7.19. The van der Waals surface area contributed by atoms with E-state index >= 15 is 0 Å². The predicted molar refractivity (Wildman–Crippen MR) is 115 cm³/mol. The quantitative estimate of drug-likeness (QED) is 0.523. The number of fused-ring (bicyclic) bond motifs is 3. The van der Waals surface area contributed by atoms with Gasteiger partial charge in [0.2, 0.25) is 5.91 Å². The molecule has 8 heteroatoms. The fourth-order valence-corrected chi connectivity index (χ4v) is 4.87. The van der Waals surface area contributed by atoms with E-state index in [2.05, 4.69) is 28.2 Å². The molecule has 0 N–H and O–H groups in total. The average Bonchev–Trinajstić information content (AvgIpc) is 3.27. The van der Waals surface area contributed by atoms with E-state index in [0.717, 1.165) is 23.3 Å². The van der Waals surface area contributed by atoms with Crippen molar-refractivity contribution in [2.24, 2.45) is 0 Å². The third-order valence-electron chi connectivity index (χ3n) is 5.45. The van der Waals surface area contributed by atoms with Crippen LogP contribution in [0.2, 0.25) is 0 Å². The molecule has 4 heterocycles. The van der Waals surface area contributed by atoms with E-state index in [0.29, 0.717) is 18.6 Å². The van der Waals surface area contributed by atoms with Gasteiger partial charge < -0.3 is 9.80 Å². The second-order valence-electron chi connectivity index (χ2n) is 7.30. The highest BCUT2D eigenvalue weighted by Gasteiger charge is 2.22. The van der Waals surface area contributed by atoms with Crippen LogP contribution in [0, 0.1) is 6.92 Å². The van der Waals surface area contributed by atoms with Crippen LogP contribution >= 0.6 is 11.3 Å². The molecular formula is C21H21N5O2S. The van der Waals surface area contributed by atoms with E-state index < -0.39 is 0 Å². The summed E-state index contributed by atoms with van der Waals surface area (Å²) in [6.07, 6.45) is 1.63. The molecule has 0 saturated carbocycles. The van der Waals surface area contributed by atoms with Crippen LogP contribution in [0.25, 0.3) is 15.7 Å². The Morgan fingerprint density at radius 1 is 1.07 bits per heavy atom. The van der Waals surface area contributed by atoms with E-state index in [1.54, 1.807) is 22.1 Å². The van der Waals surface area contributed by atoms with E-state index in [-0.39, 0.29) is 18.0 Å². The lowest BCUT2D eigenvalue weighted by molar-refractivity contribution is -0.132. The molecule has 3 aromatic heterocycles. The number of nitrogens with zero attached hydrogens (tertiary/aromatic N) is 5. The Labute approximate surface area is 171 Å². The molecule has 7 nitrogen and oxygen atoms in total. The van der Waals surface area contributed by atoms with Gasteiger partial charge in [-0.05, 0) is 31.2 Å². The maximum Gasteiger partial charge on any atom is 0.291 e. The van der Waals surface area contributed by atoms with Crippen molar-refractivity contribution in [3.63, 3.8) is 0 Å². The van der Waals surface area contributed by atoms with Crippen LogP contribution in [0.15, 0.2) is 53.6 Å². The fraction of sp³-hybridized carbons (Fsp3) is 0.286. The number of amides is 1. The van der Waals surface area contributed by atoms with E-state index in [1.807, 2.05) is 36.1 Å². The normalized spacial score (nSPS) is 14.8. The molecule has 148 valence electrons. The summed E-state index contributed by atoms with van der Waals surface area (Å²) in [5, 5.41) is 4.25. The summed E-state index contributed by atoms with van der Waals surface area (Å²) in [5.74, 6) is -0.0686. The molecule has 1 fully saturated rings. The van der Waals surface area contributed by atoms with Gasteiger partial charge in [0.25, 0.3) is 5.56 Å². The summed E-state index contributed by atoms with van der Waals surface area (Å²) in [6, 6.07) is 14.1. The third kappa shape index (κ3) is 3.19. The molecule has 4 aromatic rings. The predicted octanol–water partition coefficient (Wildman–Crippen LogP) is 2.37. The Bertz CT molecular complexity index is 1250. The van der Waals surface area contributed by atoms with Gasteiger partial charge in [-0.3, -0.25) is 14.0 Å². The minimum atomic E-state index is -0.232. The minimum Gasteiger partial charge on any atom is -0.368 e. The zero-order valence-electron chi connectivity index (χ0n) is 16.1. The molecular weight excluding hydrogens is 386 g/mol. The van der Waals surface area contributed by atoms with Crippen LogP contribution < -0.4 is 10.5 Å². The van der Waals surface area contributed by atoms with Crippen molar-refractivity contribution in [2.75, 3.05) is 31.1 Å². The summed E-state index contributed by atoms with van der Waals surface area (Å²) >= 11 is 1.65. The molecule has 0 bridgehead atoms. The highest BCUT2D eigenvalue weighted by atomic mass is 32.1. The maximum atomic E-state index is 12.8. The van der Waals surface area contributed by atoms with Crippen molar-refractivity contribution in [1.82, 2.24) is 19.1 Å². The van der Waals surface area contributed by atoms with Gasteiger partial charge in [0.05, 0.1) is 10.2 Å². The summed E-state index contributed by atoms with van der Waals surface area (Å²) in [5.41, 5.74) is 2.49. The van der Waals surface area contributed by atoms with Crippen LogP contribution in [0.1, 0.15) is 4.88 Å². The minimum absolute atomic E-state index is 0.0292. The van der Waals surface area contributed by atoms with Gasteiger partial charge in [-0.25, -0.2) is 4.68 Å². The van der Waals surface area contributed by atoms with Crippen LogP contribution in [-0.2, 0) is 11.3 Å². The zero-order chi connectivity index (χ0) is 20.0. The smallest absolute Gasteiger partial charge is 0.291 e. The number of carbonyl (C=O) groups excluding carboxylic acids is 1. The summed E-state index contributed by atoms with van der Waals surface area (Å²) < 4.78 is 4.14. The number of benzene rings is 1. The first-order chi connectivity index (χ1) is 14.1. The Hall–Kier alpha value is -3.13. The fourth-order valence-electron chi connectivity index (χ4n) is 3.92. The van der Waals surface area contributed by atoms with Crippen molar-refractivity contribution >= 4 is 38.7 Å². The average molecular weight is 407 g/mol. The molecule has 0 radical (unpaired) electrons. The first-order valence-corrected chi connectivity index (χ1v) is 10.5. The lowest BCUT2D eigenvalue weighted by Gasteiger charge is -2.36. The Balaban J connectivity index is 1.31. The summed E-state index contributed by atoms with van der Waals surface area (Å²) in [6.45, 7) is 4.87. The van der Waals surface area contributed by atoms with Gasteiger partial charge in [0.1, 0.15) is 18.4 Å². The van der Waals surface area contributed by atoms with Crippen molar-refractivity contribution in [3.05, 3.63) is 64.0 Å². The SMILES string of the molecule is Cc1cc2c(cc3c(=O)n(CC(=O)N4CCN(c5ccccc5)CC4)ncn32)s1. The van der Waals surface area contributed by atoms with Gasteiger partial charge in [-0.1, -0.05) is 18.2 Å². The lowest BCUT2D eigenvalue weighted by Crippen LogP contribution is -2.50. The number of anilines is 1. The number of thiophene rings is 1.